The number of rotatable bonds is 1. The molecular formula is C6H18N2. The summed E-state index contributed by atoms with van der Waals surface area (Å²) in [6.07, 6.45) is 2.64. The number of hydrogen-bond donors (Lipinski definition) is 1. The Kier molecular flexibility index (Phi) is 13.6. The van der Waals surface area contributed by atoms with Gasteiger partial charge in [0.05, 0.1) is 0 Å². The van der Waals surface area contributed by atoms with E-state index >= 15 is 0 Å². The first-order valence-electron chi connectivity index (χ1n) is 3.07. The van der Waals surface area contributed by atoms with E-state index in [-0.39, 0.29) is 0 Å². The molecule has 8 heavy (non-hydrogen) atoms. The summed E-state index contributed by atoms with van der Waals surface area (Å²) in [5.41, 5.74) is 0. The first-order chi connectivity index (χ1) is 3.65. The Morgan fingerprint density at radius 2 is 1.25 bits per heavy atom. The lowest BCUT2D eigenvalue weighted by Crippen LogP contribution is -2.18. The number of nitrogens with two attached hydrogens (primary N) is 1. The van der Waals surface area contributed by atoms with Gasteiger partial charge in [0.15, 0.2) is 0 Å². The van der Waals surface area contributed by atoms with Gasteiger partial charge in [0.1, 0.15) is 0 Å². The lowest BCUT2D eigenvalue weighted by atomic mass is 10.4. The molecule has 0 aromatic rings. The fourth-order valence-corrected chi connectivity index (χ4v) is 0. The van der Waals surface area contributed by atoms with Crippen LogP contribution in [0.25, 0.3) is 0 Å². The number of hydrazine groups is 1. The van der Waals surface area contributed by atoms with E-state index in [2.05, 4.69) is 13.8 Å². The molecule has 0 aromatic heterocycles. The maximum atomic E-state index is 4.94. The molecule has 0 amide bonds. The molecule has 0 spiro atoms. The van der Waals surface area contributed by atoms with Crippen molar-refractivity contribution in [3.63, 3.8) is 0 Å². The van der Waals surface area contributed by atoms with Crippen LogP contribution in [0.3, 0.4) is 0 Å². The largest absolute Gasteiger partial charge is 0.269 e. The average Bonchev–Trinajstić information content (AvgIpc) is 1.65. The Hall–Kier alpha value is -0.0800. The van der Waals surface area contributed by atoms with Crippen molar-refractivity contribution in [1.29, 1.82) is 0 Å². The van der Waals surface area contributed by atoms with Gasteiger partial charge in [0.2, 0.25) is 0 Å². The van der Waals surface area contributed by atoms with E-state index in [1.807, 2.05) is 0 Å². The lowest BCUT2D eigenvalue weighted by molar-refractivity contribution is 0.432. The van der Waals surface area contributed by atoms with Gasteiger partial charge >= 0.3 is 0 Å². The number of unbranched alkanes of at least 4 members (excludes halogenated alkanes) is 1. The molecule has 2 nitrogen and oxygen atoms in total. The van der Waals surface area contributed by atoms with Crippen LogP contribution in [-0.4, -0.2) is 19.1 Å². The Morgan fingerprint density at radius 1 is 1.12 bits per heavy atom. The fourth-order valence-electron chi connectivity index (χ4n) is 0. The highest BCUT2D eigenvalue weighted by atomic mass is 15.4. The fraction of sp³-hybridized carbons (Fsp3) is 1.00. The normalized spacial score (nSPS) is 8.25. The van der Waals surface area contributed by atoms with E-state index < -0.39 is 0 Å². The van der Waals surface area contributed by atoms with Crippen LogP contribution in [0.2, 0.25) is 0 Å². The number of hydrogen-bond acceptors (Lipinski definition) is 2. The predicted molar refractivity (Wildman–Crippen MR) is 38.5 cm³/mol. The lowest BCUT2D eigenvalue weighted by Gasteiger charge is -1.91. The van der Waals surface area contributed by atoms with Crippen molar-refractivity contribution in [1.82, 2.24) is 5.01 Å². The summed E-state index contributed by atoms with van der Waals surface area (Å²) >= 11 is 0. The average molecular weight is 118 g/mol. The van der Waals surface area contributed by atoms with Crippen molar-refractivity contribution >= 4 is 0 Å². The summed E-state index contributed by atoms with van der Waals surface area (Å²) in [4.78, 5) is 0. The van der Waals surface area contributed by atoms with Crippen molar-refractivity contribution in [3.8, 4) is 0 Å². The molecule has 0 rings (SSSR count). The first kappa shape index (κ1) is 10.8. The van der Waals surface area contributed by atoms with Gasteiger partial charge in [-0.05, 0) is 0 Å². The summed E-state index contributed by atoms with van der Waals surface area (Å²) in [6, 6.07) is 0. The third-order valence-corrected chi connectivity index (χ3v) is 0.500. The molecule has 0 heterocycles. The van der Waals surface area contributed by atoms with Crippen LogP contribution in [-0.2, 0) is 0 Å². The minimum absolute atomic E-state index is 1.32. The zero-order valence-electron chi connectivity index (χ0n) is 6.44. The molecule has 0 aliphatic carbocycles. The molecule has 2 N–H and O–H groups in total. The Bertz CT molecular complexity index is 23.0. The van der Waals surface area contributed by atoms with Crippen LogP contribution in [0.1, 0.15) is 26.7 Å². The highest BCUT2D eigenvalue weighted by molar-refractivity contribution is 4.12. The molecule has 0 bridgehead atoms. The Balaban J connectivity index is 0. The maximum Gasteiger partial charge on any atom is 0.00105 e. The standard InChI is InChI=1S/C4H10.C2H8N2/c1-3-4-2;1-4(2)3/h3-4H2,1-2H3;3H2,1-2H3. The van der Waals surface area contributed by atoms with Crippen LogP contribution in [0.15, 0.2) is 0 Å². The predicted octanol–water partition coefficient (Wildman–Crippen LogP) is 1.23. The highest BCUT2D eigenvalue weighted by Gasteiger charge is 1.57. The summed E-state index contributed by atoms with van der Waals surface area (Å²) in [7, 11) is 3.56. The minimum atomic E-state index is 1.32. The van der Waals surface area contributed by atoms with Gasteiger partial charge in [-0.3, -0.25) is 10.9 Å². The molecule has 0 unspecified atom stereocenters. The molecule has 0 fully saturated rings. The molecule has 0 aromatic carbocycles. The van der Waals surface area contributed by atoms with Crippen LogP contribution < -0.4 is 5.84 Å². The Labute approximate surface area is 52.6 Å². The second-order valence-corrected chi connectivity index (χ2v) is 1.96. The molecule has 0 radical (unpaired) electrons. The quantitative estimate of drug-likeness (QED) is 0.414. The third kappa shape index (κ3) is 169. The third-order valence-electron chi connectivity index (χ3n) is 0.500. The molecule has 0 saturated heterocycles. The van der Waals surface area contributed by atoms with E-state index in [1.54, 1.807) is 14.1 Å². The van der Waals surface area contributed by atoms with Crippen molar-refractivity contribution in [2.75, 3.05) is 14.1 Å². The van der Waals surface area contributed by atoms with Crippen molar-refractivity contribution in [3.05, 3.63) is 0 Å². The van der Waals surface area contributed by atoms with Gasteiger partial charge in [-0.15, -0.1) is 0 Å². The maximum absolute atomic E-state index is 4.94. The van der Waals surface area contributed by atoms with Crippen LogP contribution in [0.4, 0.5) is 0 Å². The molecule has 0 saturated carbocycles. The molecular weight excluding hydrogens is 100 g/mol. The second kappa shape index (κ2) is 10.0. The van der Waals surface area contributed by atoms with E-state index in [9.17, 15) is 0 Å². The van der Waals surface area contributed by atoms with Gasteiger partial charge in [0, 0.05) is 14.1 Å². The van der Waals surface area contributed by atoms with E-state index in [0.717, 1.165) is 0 Å². The topological polar surface area (TPSA) is 29.3 Å². The smallest absolute Gasteiger partial charge is 0.00105 e. The summed E-state index contributed by atoms with van der Waals surface area (Å²) in [5, 5.41) is 1.50. The first-order valence-corrected chi connectivity index (χ1v) is 3.07. The van der Waals surface area contributed by atoms with E-state index in [4.69, 9.17) is 5.84 Å². The molecule has 0 aliphatic heterocycles. The van der Waals surface area contributed by atoms with Gasteiger partial charge in [-0.25, -0.2) is 0 Å². The summed E-state index contributed by atoms with van der Waals surface area (Å²) in [6.45, 7) is 4.36. The van der Waals surface area contributed by atoms with Gasteiger partial charge in [-0.1, -0.05) is 26.7 Å². The highest BCUT2D eigenvalue weighted by Crippen LogP contribution is 1.76. The van der Waals surface area contributed by atoms with Crippen molar-refractivity contribution in [2.45, 2.75) is 26.7 Å². The monoisotopic (exact) mass is 118 g/mol. The molecule has 0 atom stereocenters. The van der Waals surface area contributed by atoms with Gasteiger partial charge < -0.3 is 0 Å². The van der Waals surface area contributed by atoms with Gasteiger partial charge in [-0.2, -0.15) is 0 Å². The Morgan fingerprint density at radius 3 is 1.25 bits per heavy atom. The molecule has 52 valence electrons. The molecule has 0 aliphatic rings. The van der Waals surface area contributed by atoms with E-state index in [1.165, 1.54) is 17.9 Å². The van der Waals surface area contributed by atoms with Crippen LogP contribution >= 0.6 is 0 Å². The number of nitrogens with zero attached hydrogens (tertiary/aromatic N) is 1. The van der Waals surface area contributed by atoms with Crippen molar-refractivity contribution < 1.29 is 0 Å². The zero-order valence-corrected chi connectivity index (χ0v) is 6.44. The SMILES string of the molecule is CCCC.CN(C)N. The van der Waals surface area contributed by atoms with Crippen molar-refractivity contribution in [2.24, 2.45) is 5.84 Å². The minimum Gasteiger partial charge on any atom is -0.269 e. The molecule has 2 heteroatoms. The van der Waals surface area contributed by atoms with Crippen LogP contribution in [0, 0.1) is 0 Å². The second-order valence-electron chi connectivity index (χ2n) is 1.96. The zero-order chi connectivity index (χ0) is 6.99. The van der Waals surface area contributed by atoms with E-state index in [0.29, 0.717) is 0 Å². The van der Waals surface area contributed by atoms with Crippen LogP contribution in [0.5, 0.6) is 0 Å². The summed E-state index contributed by atoms with van der Waals surface area (Å²) in [5.74, 6) is 4.94. The summed E-state index contributed by atoms with van der Waals surface area (Å²) < 4.78 is 0. The van der Waals surface area contributed by atoms with Gasteiger partial charge in [0.25, 0.3) is 0 Å².